The SMILES string of the molecule is CCNc1ccccc1C(=O)N(C)C1CCC(C)(C)CC1. The molecule has 0 bridgehead atoms. The molecule has 0 aliphatic heterocycles. The molecule has 1 aromatic rings. The summed E-state index contributed by atoms with van der Waals surface area (Å²) in [7, 11) is 1.95. The fraction of sp³-hybridized carbons (Fsp3) is 0.611. The van der Waals surface area contributed by atoms with Gasteiger partial charge in [-0.3, -0.25) is 4.79 Å². The Morgan fingerprint density at radius 3 is 2.52 bits per heavy atom. The second kappa shape index (κ2) is 6.50. The molecule has 21 heavy (non-hydrogen) atoms. The molecule has 0 radical (unpaired) electrons. The van der Waals surface area contributed by atoms with Crippen molar-refractivity contribution in [2.45, 2.75) is 52.5 Å². The Hall–Kier alpha value is -1.51. The lowest BCUT2D eigenvalue weighted by Crippen LogP contribution is -2.41. The maximum absolute atomic E-state index is 12.8. The Bertz CT molecular complexity index is 486. The summed E-state index contributed by atoms with van der Waals surface area (Å²) in [4.78, 5) is 14.7. The molecule has 0 spiro atoms. The number of para-hydroxylation sites is 1. The number of rotatable bonds is 4. The van der Waals surface area contributed by atoms with Gasteiger partial charge in [0.05, 0.1) is 5.56 Å². The molecule has 0 atom stereocenters. The first-order valence-corrected chi connectivity index (χ1v) is 8.04. The first-order valence-electron chi connectivity index (χ1n) is 8.04. The number of carbonyl (C=O) groups excluding carboxylic acids is 1. The molecule has 0 saturated heterocycles. The lowest BCUT2D eigenvalue weighted by molar-refractivity contribution is 0.0636. The third kappa shape index (κ3) is 3.78. The molecule has 0 unspecified atom stereocenters. The fourth-order valence-corrected chi connectivity index (χ4v) is 3.14. The average Bonchev–Trinajstić information content (AvgIpc) is 2.47. The topological polar surface area (TPSA) is 32.3 Å². The van der Waals surface area contributed by atoms with E-state index in [9.17, 15) is 4.79 Å². The summed E-state index contributed by atoms with van der Waals surface area (Å²) < 4.78 is 0. The zero-order chi connectivity index (χ0) is 15.5. The van der Waals surface area contributed by atoms with Crippen LogP contribution < -0.4 is 5.32 Å². The van der Waals surface area contributed by atoms with Crippen LogP contribution in [0.1, 0.15) is 56.8 Å². The summed E-state index contributed by atoms with van der Waals surface area (Å²) in [6.45, 7) is 7.52. The van der Waals surface area contributed by atoms with E-state index in [1.165, 1.54) is 12.8 Å². The quantitative estimate of drug-likeness (QED) is 0.902. The van der Waals surface area contributed by atoms with E-state index < -0.39 is 0 Å². The molecule has 1 fully saturated rings. The van der Waals surface area contributed by atoms with Crippen molar-refractivity contribution >= 4 is 11.6 Å². The van der Waals surface area contributed by atoms with Crippen LogP contribution in [0.15, 0.2) is 24.3 Å². The molecular formula is C18H28N2O. The van der Waals surface area contributed by atoms with Crippen LogP contribution in [0.25, 0.3) is 0 Å². The van der Waals surface area contributed by atoms with Crippen molar-refractivity contribution < 1.29 is 4.79 Å². The van der Waals surface area contributed by atoms with Crippen molar-refractivity contribution in [2.75, 3.05) is 18.9 Å². The number of hydrogen-bond donors (Lipinski definition) is 1. The molecule has 3 nitrogen and oxygen atoms in total. The summed E-state index contributed by atoms with van der Waals surface area (Å²) >= 11 is 0. The van der Waals surface area contributed by atoms with Gasteiger partial charge in [0.15, 0.2) is 0 Å². The predicted molar refractivity (Wildman–Crippen MR) is 88.7 cm³/mol. The number of anilines is 1. The molecule has 0 heterocycles. The number of carbonyl (C=O) groups is 1. The largest absolute Gasteiger partial charge is 0.385 e. The smallest absolute Gasteiger partial charge is 0.255 e. The Balaban J connectivity index is 2.09. The molecular weight excluding hydrogens is 260 g/mol. The molecule has 3 heteroatoms. The minimum absolute atomic E-state index is 0.135. The maximum Gasteiger partial charge on any atom is 0.255 e. The zero-order valence-corrected chi connectivity index (χ0v) is 13.8. The standard InChI is InChI=1S/C18H28N2O/c1-5-19-16-9-7-6-8-15(16)17(21)20(4)14-10-12-18(2,3)13-11-14/h6-9,14,19H,5,10-13H2,1-4H3. The summed E-state index contributed by atoms with van der Waals surface area (Å²) in [5.74, 6) is 0.135. The molecule has 1 aliphatic carbocycles. The van der Waals surface area contributed by atoms with E-state index in [1.807, 2.05) is 43.1 Å². The Morgan fingerprint density at radius 2 is 1.90 bits per heavy atom. The number of hydrogen-bond acceptors (Lipinski definition) is 2. The lowest BCUT2D eigenvalue weighted by atomic mass is 9.75. The van der Waals surface area contributed by atoms with E-state index in [0.29, 0.717) is 11.5 Å². The van der Waals surface area contributed by atoms with E-state index >= 15 is 0 Å². The molecule has 116 valence electrons. The summed E-state index contributed by atoms with van der Waals surface area (Å²) in [6, 6.07) is 8.18. The lowest BCUT2D eigenvalue weighted by Gasteiger charge is -2.38. The monoisotopic (exact) mass is 288 g/mol. The van der Waals surface area contributed by atoms with E-state index in [2.05, 4.69) is 19.2 Å². The normalized spacial score (nSPS) is 18.3. The van der Waals surface area contributed by atoms with Gasteiger partial charge in [-0.25, -0.2) is 0 Å². The molecule has 1 aromatic carbocycles. The van der Waals surface area contributed by atoms with Crippen molar-refractivity contribution in [2.24, 2.45) is 5.41 Å². The van der Waals surface area contributed by atoms with E-state index in [0.717, 1.165) is 30.6 Å². The highest BCUT2D eigenvalue weighted by Crippen LogP contribution is 2.37. The van der Waals surface area contributed by atoms with Crippen molar-refractivity contribution in [3.8, 4) is 0 Å². The zero-order valence-electron chi connectivity index (χ0n) is 13.8. The number of amides is 1. The highest BCUT2D eigenvalue weighted by molar-refractivity contribution is 5.99. The number of nitrogens with zero attached hydrogens (tertiary/aromatic N) is 1. The number of benzene rings is 1. The van der Waals surface area contributed by atoms with Gasteiger partial charge in [0.25, 0.3) is 5.91 Å². The van der Waals surface area contributed by atoms with Crippen LogP contribution in [-0.2, 0) is 0 Å². The summed E-state index contributed by atoms with van der Waals surface area (Å²) in [6.07, 6.45) is 4.62. The highest BCUT2D eigenvalue weighted by Gasteiger charge is 2.31. The molecule has 1 aliphatic rings. The van der Waals surface area contributed by atoms with Crippen LogP contribution in [0.3, 0.4) is 0 Å². The number of nitrogens with one attached hydrogen (secondary N) is 1. The minimum atomic E-state index is 0.135. The average molecular weight is 288 g/mol. The van der Waals surface area contributed by atoms with Gasteiger partial charge in [-0.05, 0) is 50.2 Å². The first kappa shape index (κ1) is 15.9. The van der Waals surface area contributed by atoms with Gasteiger partial charge >= 0.3 is 0 Å². The van der Waals surface area contributed by atoms with Crippen LogP contribution >= 0.6 is 0 Å². The Kier molecular flexibility index (Phi) is 4.92. The minimum Gasteiger partial charge on any atom is -0.385 e. The molecule has 2 rings (SSSR count). The van der Waals surface area contributed by atoms with Gasteiger partial charge in [-0.15, -0.1) is 0 Å². The Labute approximate surface area is 128 Å². The summed E-state index contributed by atoms with van der Waals surface area (Å²) in [5, 5.41) is 3.28. The maximum atomic E-state index is 12.8. The van der Waals surface area contributed by atoms with Crippen LogP contribution in [0.5, 0.6) is 0 Å². The van der Waals surface area contributed by atoms with Crippen molar-refractivity contribution in [1.82, 2.24) is 4.90 Å². The van der Waals surface area contributed by atoms with Crippen LogP contribution in [0, 0.1) is 5.41 Å². The van der Waals surface area contributed by atoms with Crippen LogP contribution in [0.2, 0.25) is 0 Å². The second-order valence-electron chi connectivity index (χ2n) is 6.89. The van der Waals surface area contributed by atoms with Crippen molar-refractivity contribution in [3.63, 3.8) is 0 Å². The van der Waals surface area contributed by atoms with Crippen LogP contribution in [-0.4, -0.2) is 30.4 Å². The third-order valence-corrected chi connectivity index (χ3v) is 4.70. The van der Waals surface area contributed by atoms with Gasteiger partial charge in [-0.1, -0.05) is 26.0 Å². The van der Waals surface area contributed by atoms with Crippen LogP contribution in [0.4, 0.5) is 5.69 Å². The Morgan fingerprint density at radius 1 is 1.29 bits per heavy atom. The van der Waals surface area contributed by atoms with Crippen molar-refractivity contribution in [3.05, 3.63) is 29.8 Å². The molecule has 1 amide bonds. The van der Waals surface area contributed by atoms with E-state index in [1.54, 1.807) is 0 Å². The van der Waals surface area contributed by atoms with Gasteiger partial charge < -0.3 is 10.2 Å². The molecule has 0 aromatic heterocycles. The molecule has 1 saturated carbocycles. The van der Waals surface area contributed by atoms with Crippen molar-refractivity contribution in [1.29, 1.82) is 0 Å². The van der Waals surface area contributed by atoms with Gasteiger partial charge in [-0.2, -0.15) is 0 Å². The van der Waals surface area contributed by atoms with Gasteiger partial charge in [0.2, 0.25) is 0 Å². The molecule has 1 N–H and O–H groups in total. The summed E-state index contributed by atoms with van der Waals surface area (Å²) in [5.41, 5.74) is 2.15. The predicted octanol–water partition coefficient (Wildman–Crippen LogP) is 4.16. The third-order valence-electron chi connectivity index (χ3n) is 4.70. The van der Waals surface area contributed by atoms with E-state index in [-0.39, 0.29) is 5.91 Å². The first-order chi connectivity index (χ1) is 9.94. The second-order valence-corrected chi connectivity index (χ2v) is 6.89. The van der Waals surface area contributed by atoms with Gasteiger partial charge in [0.1, 0.15) is 0 Å². The highest BCUT2D eigenvalue weighted by atomic mass is 16.2. The van der Waals surface area contributed by atoms with Gasteiger partial charge in [0, 0.05) is 25.3 Å². The fourth-order valence-electron chi connectivity index (χ4n) is 3.14. The van der Waals surface area contributed by atoms with E-state index in [4.69, 9.17) is 0 Å².